The van der Waals surface area contributed by atoms with Gasteiger partial charge in [0.05, 0.1) is 0 Å². The van der Waals surface area contributed by atoms with Crippen molar-refractivity contribution in [3.8, 4) is 5.75 Å². The molecule has 0 aliphatic heterocycles. The molecule has 2 rings (SSSR count). The number of carboxylic acids is 1. The molecule has 2 N–H and O–H groups in total. The molecule has 0 heterocycles. The molecule has 3 heteroatoms. The molecular weight excluding hydrogens is 180 g/mol. The molecule has 1 aliphatic rings. The van der Waals surface area contributed by atoms with Gasteiger partial charge in [0, 0.05) is 6.08 Å². The highest BCUT2D eigenvalue weighted by Crippen LogP contribution is 2.33. The Kier molecular flexibility index (Phi) is 2.00. The number of carboxylic acid groups (broad SMARTS) is 1. The number of hydrogen-bond acceptors (Lipinski definition) is 2. The fourth-order valence-electron chi connectivity index (χ4n) is 1.80. The van der Waals surface area contributed by atoms with Crippen molar-refractivity contribution < 1.29 is 15.0 Å². The van der Waals surface area contributed by atoms with Crippen LogP contribution in [0.4, 0.5) is 0 Å². The Balaban J connectivity index is 2.45. The van der Waals surface area contributed by atoms with Crippen LogP contribution in [0.1, 0.15) is 17.5 Å². The molecule has 0 unspecified atom stereocenters. The van der Waals surface area contributed by atoms with Gasteiger partial charge in [-0.15, -0.1) is 0 Å². The van der Waals surface area contributed by atoms with Crippen molar-refractivity contribution in [2.24, 2.45) is 0 Å². The highest BCUT2D eigenvalue weighted by atomic mass is 16.4. The van der Waals surface area contributed by atoms with Crippen molar-refractivity contribution in [3.05, 3.63) is 35.4 Å². The van der Waals surface area contributed by atoms with Crippen LogP contribution in [0.5, 0.6) is 5.75 Å². The predicted octanol–water partition coefficient (Wildman–Crippen LogP) is 1.81. The van der Waals surface area contributed by atoms with Crippen LogP contribution in [0, 0.1) is 0 Å². The summed E-state index contributed by atoms with van der Waals surface area (Å²) in [6.45, 7) is 0. The summed E-state index contributed by atoms with van der Waals surface area (Å²) in [5.74, 6) is -0.679. The Morgan fingerprint density at radius 2 is 2.14 bits per heavy atom. The van der Waals surface area contributed by atoms with Gasteiger partial charge in [-0.2, -0.15) is 0 Å². The minimum atomic E-state index is -0.916. The lowest BCUT2D eigenvalue weighted by atomic mass is 10.1. The maximum absolute atomic E-state index is 10.5. The van der Waals surface area contributed by atoms with E-state index < -0.39 is 5.97 Å². The highest BCUT2D eigenvalue weighted by molar-refractivity contribution is 5.91. The maximum Gasteiger partial charge on any atom is 0.328 e. The van der Waals surface area contributed by atoms with Crippen molar-refractivity contribution >= 4 is 11.5 Å². The monoisotopic (exact) mass is 190 g/mol. The molecule has 0 fully saturated rings. The van der Waals surface area contributed by atoms with Gasteiger partial charge < -0.3 is 10.2 Å². The van der Waals surface area contributed by atoms with Gasteiger partial charge in [-0.05, 0) is 41.7 Å². The summed E-state index contributed by atoms with van der Waals surface area (Å²) in [7, 11) is 0. The number of hydrogen-bond donors (Lipinski definition) is 2. The number of phenols is 1. The Morgan fingerprint density at radius 3 is 2.86 bits per heavy atom. The number of phenolic OH excluding ortho intramolecular Hbond substituents is 1. The second kappa shape index (κ2) is 3.18. The Bertz CT molecular complexity index is 419. The lowest BCUT2D eigenvalue weighted by Crippen LogP contribution is -1.89. The zero-order chi connectivity index (χ0) is 10.1. The summed E-state index contributed by atoms with van der Waals surface area (Å²) in [5.41, 5.74) is 2.82. The predicted molar refractivity (Wildman–Crippen MR) is 52.0 cm³/mol. The van der Waals surface area contributed by atoms with E-state index in [1.165, 1.54) is 6.08 Å². The van der Waals surface area contributed by atoms with Gasteiger partial charge in [-0.3, -0.25) is 0 Å². The molecule has 14 heavy (non-hydrogen) atoms. The summed E-state index contributed by atoms with van der Waals surface area (Å²) >= 11 is 0. The molecule has 0 aromatic heterocycles. The fraction of sp³-hybridized carbons (Fsp3) is 0.182. The molecule has 0 saturated heterocycles. The number of fused-ring (bicyclic) bond motifs is 1. The van der Waals surface area contributed by atoms with Crippen molar-refractivity contribution in [3.63, 3.8) is 0 Å². The standard InChI is InChI=1S/C11H10O3/c12-9-3-4-10-7(5-9)1-2-8(10)6-11(13)14/h3-6,12H,1-2H2,(H,13,14)/b8-6+. The number of aromatic hydroxyl groups is 1. The van der Waals surface area contributed by atoms with Crippen LogP contribution in [0.15, 0.2) is 24.3 Å². The highest BCUT2D eigenvalue weighted by Gasteiger charge is 2.16. The summed E-state index contributed by atoms with van der Waals surface area (Å²) in [6.07, 6.45) is 2.79. The fourth-order valence-corrected chi connectivity index (χ4v) is 1.80. The average molecular weight is 190 g/mol. The molecule has 0 bridgehead atoms. The van der Waals surface area contributed by atoms with E-state index in [2.05, 4.69) is 0 Å². The van der Waals surface area contributed by atoms with E-state index in [4.69, 9.17) is 5.11 Å². The van der Waals surface area contributed by atoms with Gasteiger partial charge >= 0.3 is 5.97 Å². The maximum atomic E-state index is 10.5. The zero-order valence-corrected chi connectivity index (χ0v) is 7.53. The van der Waals surface area contributed by atoms with Crippen LogP contribution < -0.4 is 0 Å². The van der Waals surface area contributed by atoms with Gasteiger partial charge in [0.2, 0.25) is 0 Å². The molecule has 1 aliphatic carbocycles. The van der Waals surface area contributed by atoms with Crippen LogP contribution in [0.25, 0.3) is 5.57 Å². The van der Waals surface area contributed by atoms with Crippen molar-refractivity contribution in [2.75, 3.05) is 0 Å². The normalized spacial score (nSPS) is 17.0. The van der Waals surface area contributed by atoms with Gasteiger partial charge in [-0.1, -0.05) is 6.07 Å². The van der Waals surface area contributed by atoms with E-state index in [0.29, 0.717) is 0 Å². The van der Waals surface area contributed by atoms with E-state index in [1.54, 1.807) is 18.2 Å². The van der Waals surface area contributed by atoms with Gasteiger partial charge in [0.25, 0.3) is 0 Å². The van der Waals surface area contributed by atoms with Gasteiger partial charge in [-0.25, -0.2) is 4.79 Å². The number of carbonyl (C=O) groups is 1. The van der Waals surface area contributed by atoms with E-state index >= 15 is 0 Å². The smallest absolute Gasteiger partial charge is 0.328 e. The van der Waals surface area contributed by atoms with Gasteiger partial charge in [0.1, 0.15) is 5.75 Å². The number of benzene rings is 1. The topological polar surface area (TPSA) is 57.5 Å². The van der Waals surface area contributed by atoms with E-state index in [0.717, 1.165) is 29.5 Å². The third kappa shape index (κ3) is 1.48. The lowest BCUT2D eigenvalue weighted by molar-refractivity contribution is -0.131. The van der Waals surface area contributed by atoms with Gasteiger partial charge in [0.15, 0.2) is 0 Å². The molecule has 0 atom stereocenters. The van der Waals surface area contributed by atoms with E-state index in [9.17, 15) is 9.90 Å². The van der Waals surface area contributed by atoms with E-state index in [-0.39, 0.29) is 5.75 Å². The quantitative estimate of drug-likeness (QED) is 0.664. The first-order valence-electron chi connectivity index (χ1n) is 4.42. The first-order valence-corrected chi connectivity index (χ1v) is 4.42. The molecule has 0 saturated carbocycles. The van der Waals surface area contributed by atoms with Crippen molar-refractivity contribution in [1.82, 2.24) is 0 Å². The number of allylic oxidation sites excluding steroid dienone is 1. The van der Waals surface area contributed by atoms with Crippen molar-refractivity contribution in [2.45, 2.75) is 12.8 Å². The molecule has 72 valence electrons. The number of aryl methyl sites for hydroxylation is 1. The van der Waals surface area contributed by atoms with E-state index in [1.807, 2.05) is 0 Å². The molecule has 3 nitrogen and oxygen atoms in total. The van der Waals surface area contributed by atoms with Crippen molar-refractivity contribution in [1.29, 1.82) is 0 Å². The third-order valence-corrected chi connectivity index (χ3v) is 2.40. The van der Waals surface area contributed by atoms with Crippen LogP contribution >= 0.6 is 0 Å². The molecule has 0 amide bonds. The Labute approximate surface area is 81.3 Å². The Hall–Kier alpha value is -1.77. The molecule has 1 aromatic carbocycles. The lowest BCUT2D eigenvalue weighted by Gasteiger charge is -2.00. The summed E-state index contributed by atoms with van der Waals surface area (Å²) < 4.78 is 0. The van der Waals surface area contributed by atoms with Crippen LogP contribution in [-0.4, -0.2) is 16.2 Å². The molecule has 0 spiro atoms. The van der Waals surface area contributed by atoms with Crippen LogP contribution in [0.3, 0.4) is 0 Å². The zero-order valence-electron chi connectivity index (χ0n) is 7.53. The Morgan fingerprint density at radius 1 is 1.36 bits per heavy atom. The SMILES string of the molecule is O=C(O)/C=C1\CCc2cc(O)ccc21. The van der Waals surface area contributed by atoms with Crippen LogP contribution in [0.2, 0.25) is 0 Å². The molecule has 0 radical (unpaired) electrons. The second-order valence-electron chi connectivity index (χ2n) is 3.35. The third-order valence-electron chi connectivity index (χ3n) is 2.40. The van der Waals surface area contributed by atoms with Crippen LogP contribution in [-0.2, 0) is 11.2 Å². The minimum absolute atomic E-state index is 0.236. The molecule has 1 aromatic rings. The minimum Gasteiger partial charge on any atom is -0.508 e. The summed E-state index contributed by atoms with van der Waals surface area (Å²) in [6, 6.07) is 5.05. The summed E-state index contributed by atoms with van der Waals surface area (Å²) in [5, 5.41) is 17.9. The first kappa shape index (κ1) is 8.81. The molecular formula is C11H10O3. The first-order chi connectivity index (χ1) is 6.66. The largest absolute Gasteiger partial charge is 0.508 e. The summed E-state index contributed by atoms with van der Waals surface area (Å²) in [4.78, 5) is 10.5. The number of rotatable bonds is 1. The average Bonchev–Trinajstić information content (AvgIpc) is 2.47. The second-order valence-corrected chi connectivity index (χ2v) is 3.35. The number of aliphatic carboxylic acids is 1.